The molecule has 0 aromatic rings. The lowest BCUT2D eigenvalue weighted by molar-refractivity contribution is 0.264. The van der Waals surface area contributed by atoms with Crippen LogP contribution in [0.4, 0.5) is 0 Å². The van der Waals surface area contributed by atoms with E-state index in [2.05, 4.69) is 13.0 Å². The van der Waals surface area contributed by atoms with Gasteiger partial charge in [0.05, 0.1) is 6.07 Å². The Kier molecular flexibility index (Phi) is 3.42. The van der Waals surface area contributed by atoms with Gasteiger partial charge in [-0.15, -0.1) is 0 Å². The van der Waals surface area contributed by atoms with Crippen LogP contribution in [0.5, 0.6) is 0 Å². The molecular weight excluding hydrogens is 134 g/mol. The molecule has 0 bridgehead atoms. The van der Waals surface area contributed by atoms with Gasteiger partial charge in [0, 0.05) is 6.42 Å². The third kappa shape index (κ3) is 2.54. The predicted molar refractivity (Wildman–Crippen MR) is 46.0 cm³/mol. The van der Waals surface area contributed by atoms with Crippen molar-refractivity contribution in [3.8, 4) is 6.07 Å². The van der Waals surface area contributed by atoms with Crippen molar-refractivity contribution in [1.29, 1.82) is 5.26 Å². The van der Waals surface area contributed by atoms with E-state index in [4.69, 9.17) is 5.26 Å². The van der Waals surface area contributed by atoms with E-state index in [1.165, 1.54) is 32.1 Å². The van der Waals surface area contributed by atoms with Gasteiger partial charge in [-0.3, -0.25) is 0 Å². The molecule has 11 heavy (non-hydrogen) atoms. The van der Waals surface area contributed by atoms with Crippen LogP contribution in [0.1, 0.15) is 45.4 Å². The van der Waals surface area contributed by atoms with E-state index in [-0.39, 0.29) is 0 Å². The zero-order valence-electron chi connectivity index (χ0n) is 7.34. The molecule has 2 atom stereocenters. The topological polar surface area (TPSA) is 23.8 Å². The van der Waals surface area contributed by atoms with Crippen LogP contribution in [0.3, 0.4) is 0 Å². The van der Waals surface area contributed by atoms with Gasteiger partial charge in [0.25, 0.3) is 0 Å². The molecule has 0 unspecified atom stereocenters. The maximum Gasteiger partial charge on any atom is 0.0624 e. The highest BCUT2D eigenvalue weighted by Crippen LogP contribution is 2.32. The fraction of sp³-hybridized carbons (Fsp3) is 0.900. The molecule has 0 aromatic heterocycles. The second kappa shape index (κ2) is 4.38. The fourth-order valence-electron chi connectivity index (χ4n) is 2.09. The molecule has 0 radical (unpaired) electrons. The van der Waals surface area contributed by atoms with Crippen molar-refractivity contribution in [3.63, 3.8) is 0 Å². The molecule has 1 nitrogen and oxygen atoms in total. The van der Waals surface area contributed by atoms with Crippen molar-refractivity contribution in [3.05, 3.63) is 0 Å². The van der Waals surface area contributed by atoms with Crippen molar-refractivity contribution in [1.82, 2.24) is 0 Å². The summed E-state index contributed by atoms with van der Waals surface area (Å²) in [6.45, 7) is 2.26. The van der Waals surface area contributed by atoms with Crippen LogP contribution in [0.15, 0.2) is 0 Å². The molecule has 0 aliphatic heterocycles. The third-order valence-electron chi connectivity index (χ3n) is 2.85. The van der Waals surface area contributed by atoms with Crippen molar-refractivity contribution >= 4 is 0 Å². The smallest absolute Gasteiger partial charge is 0.0624 e. The molecule has 1 fully saturated rings. The Morgan fingerprint density at radius 2 is 2.09 bits per heavy atom. The van der Waals surface area contributed by atoms with Crippen LogP contribution < -0.4 is 0 Å². The zero-order valence-corrected chi connectivity index (χ0v) is 7.34. The molecule has 0 N–H and O–H groups in total. The normalized spacial score (nSPS) is 31.3. The van der Waals surface area contributed by atoms with Crippen LogP contribution >= 0.6 is 0 Å². The molecule has 1 aliphatic carbocycles. The fourth-order valence-corrected chi connectivity index (χ4v) is 2.09. The SMILES string of the molecule is CC[C@@H]1CCC[C@H](CC#N)C1. The van der Waals surface area contributed by atoms with Crippen LogP contribution in [0.25, 0.3) is 0 Å². The number of hydrogen-bond acceptors (Lipinski definition) is 1. The minimum absolute atomic E-state index is 0.721. The number of hydrogen-bond donors (Lipinski definition) is 0. The summed E-state index contributed by atoms with van der Waals surface area (Å²) in [5.74, 6) is 1.64. The van der Waals surface area contributed by atoms with E-state index in [1.807, 2.05) is 0 Å². The van der Waals surface area contributed by atoms with E-state index in [1.54, 1.807) is 0 Å². The van der Waals surface area contributed by atoms with Crippen LogP contribution in [0.2, 0.25) is 0 Å². The number of nitrogens with zero attached hydrogens (tertiary/aromatic N) is 1. The first-order valence-corrected chi connectivity index (χ1v) is 4.73. The van der Waals surface area contributed by atoms with Gasteiger partial charge < -0.3 is 0 Å². The van der Waals surface area contributed by atoms with E-state index in [0.717, 1.165) is 18.3 Å². The average Bonchev–Trinajstić information content (AvgIpc) is 2.06. The van der Waals surface area contributed by atoms with Crippen LogP contribution in [0, 0.1) is 23.2 Å². The van der Waals surface area contributed by atoms with Gasteiger partial charge in [-0.05, 0) is 24.7 Å². The molecule has 1 rings (SSSR count). The first-order valence-electron chi connectivity index (χ1n) is 4.73. The Bertz CT molecular complexity index is 145. The van der Waals surface area contributed by atoms with E-state index in [0.29, 0.717) is 0 Å². The molecule has 0 spiro atoms. The van der Waals surface area contributed by atoms with Crippen molar-refractivity contribution < 1.29 is 0 Å². The van der Waals surface area contributed by atoms with Crippen molar-refractivity contribution in [2.45, 2.75) is 45.4 Å². The van der Waals surface area contributed by atoms with Crippen LogP contribution in [-0.4, -0.2) is 0 Å². The summed E-state index contributed by atoms with van der Waals surface area (Å²) in [6.07, 6.45) is 7.45. The lowest BCUT2D eigenvalue weighted by atomic mass is 9.79. The average molecular weight is 151 g/mol. The molecule has 0 aromatic carbocycles. The summed E-state index contributed by atoms with van der Waals surface area (Å²) in [4.78, 5) is 0. The molecule has 0 amide bonds. The van der Waals surface area contributed by atoms with Crippen molar-refractivity contribution in [2.75, 3.05) is 0 Å². The molecule has 0 saturated heterocycles. The molecule has 0 heterocycles. The molecule has 1 heteroatoms. The summed E-state index contributed by atoms with van der Waals surface area (Å²) in [7, 11) is 0. The largest absolute Gasteiger partial charge is 0.198 e. The first-order chi connectivity index (χ1) is 5.36. The summed E-state index contributed by atoms with van der Waals surface area (Å²) in [5, 5.41) is 8.53. The summed E-state index contributed by atoms with van der Waals surface area (Å²) < 4.78 is 0. The summed E-state index contributed by atoms with van der Waals surface area (Å²) in [5.41, 5.74) is 0. The second-order valence-corrected chi connectivity index (χ2v) is 3.67. The lowest BCUT2D eigenvalue weighted by Gasteiger charge is -2.26. The Hall–Kier alpha value is -0.510. The Balaban J connectivity index is 2.28. The van der Waals surface area contributed by atoms with Gasteiger partial charge in [-0.2, -0.15) is 5.26 Å². The van der Waals surface area contributed by atoms with Gasteiger partial charge in [0.1, 0.15) is 0 Å². The Labute approximate surface area is 69.4 Å². The maximum absolute atomic E-state index is 8.53. The Morgan fingerprint density at radius 1 is 1.36 bits per heavy atom. The predicted octanol–water partition coefficient (Wildman–Crippen LogP) is 3.12. The summed E-state index contributed by atoms with van der Waals surface area (Å²) >= 11 is 0. The molecule has 1 saturated carbocycles. The zero-order chi connectivity index (χ0) is 8.10. The van der Waals surface area contributed by atoms with Gasteiger partial charge in [0.15, 0.2) is 0 Å². The summed E-state index contributed by atoms with van der Waals surface area (Å²) in [6, 6.07) is 2.28. The molecular formula is C10H17N. The Morgan fingerprint density at radius 3 is 2.73 bits per heavy atom. The van der Waals surface area contributed by atoms with E-state index >= 15 is 0 Å². The molecule has 1 aliphatic rings. The standard InChI is InChI=1S/C10H17N/c1-2-9-4-3-5-10(8-9)6-7-11/h9-10H,2-6,8H2,1H3/t9-,10-/m1/s1. The third-order valence-corrected chi connectivity index (χ3v) is 2.85. The molecule has 62 valence electrons. The highest BCUT2D eigenvalue weighted by atomic mass is 14.3. The first kappa shape index (κ1) is 8.59. The highest BCUT2D eigenvalue weighted by molar-refractivity contribution is 4.80. The van der Waals surface area contributed by atoms with Crippen LogP contribution in [-0.2, 0) is 0 Å². The number of nitriles is 1. The second-order valence-electron chi connectivity index (χ2n) is 3.67. The van der Waals surface area contributed by atoms with Gasteiger partial charge in [-0.25, -0.2) is 0 Å². The van der Waals surface area contributed by atoms with E-state index < -0.39 is 0 Å². The van der Waals surface area contributed by atoms with Gasteiger partial charge >= 0.3 is 0 Å². The minimum atomic E-state index is 0.721. The maximum atomic E-state index is 8.53. The quantitative estimate of drug-likeness (QED) is 0.595. The van der Waals surface area contributed by atoms with Gasteiger partial charge in [-0.1, -0.05) is 26.2 Å². The number of rotatable bonds is 2. The van der Waals surface area contributed by atoms with E-state index in [9.17, 15) is 0 Å². The monoisotopic (exact) mass is 151 g/mol. The minimum Gasteiger partial charge on any atom is -0.198 e. The van der Waals surface area contributed by atoms with Gasteiger partial charge in [0.2, 0.25) is 0 Å². The van der Waals surface area contributed by atoms with Crippen molar-refractivity contribution in [2.24, 2.45) is 11.8 Å². The lowest BCUT2D eigenvalue weighted by Crippen LogP contribution is -2.14. The highest BCUT2D eigenvalue weighted by Gasteiger charge is 2.19.